The Morgan fingerprint density at radius 2 is 1.44 bits per heavy atom. The number of aryl methyl sites for hydroxylation is 2. The van der Waals surface area contributed by atoms with Crippen LogP contribution in [0.4, 0.5) is 23.4 Å². The molecular formula is C20H23N7. The summed E-state index contributed by atoms with van der Waals surface area (Å²) in [5, 5.41) is 3.38. The van der Waals surface area contributed by atoms with Crippen molar-refractivity contribution >= 4 is 23.4 Å². The molecule has 1 saturated heterocycles. The van der Waals surface area contributed by atoms with Crippen LogP contribution < -0.4 is 15.1 Å². The molecule has 1 fully saturated rings. The van der Waals surface area contributed by atoms with Crippen molar-refractivity contribution in [2.45, 2.75) is 13.8 Å². The van der Waals surface area contributed by atoms with E-state index in [0.29, 0.717) is 5.95 Å². The zero-order valence-corrected chi connectivity index (χ0v) is 15.6. The van der Waals surface area contributed by atoms with Crippen LogP contribution in [0.2, 0.25) is 0 Å². The van der Waals surface area contributed by atoms with Gasteiger partial charge in [-0.1, -0.05) is 18.2 Å². The second-order valence-electron chi connectivity index (χ2n) is 6.65. The SMILES string of the molecule is Cc1cccc(C)c1Nc1nccc(N2CCN(c3ncccn3)CC2)n1. The maximum Gasteiger partial charge on any atom is 0.229 e. The third kappa shape index (κ3) is 3.81. The van der Waals surface area contributed by atoms with E-state index >= 15 is 0 Å². The Morgan fingerprint density at radius 1 is 0.778 bits per heavy atom. The average molecular weight is 361 g/mol. The van der Waals surface area contributed by atoms with Crippen LogP contribution in [-0.4, -0.2) is 46.1 Å². The van der Waals surface area contributed by atoms with Gasteiger partial charge in [-0.15, -0.1) is 0 Å². The van der Waals surface area contributed by atoms with Crippen LogP contribution in [0.25, 0.3) is 0 Å². The van der Waals surface area contributed by atoms with E-state index in [1.807, 2.05) is 18.3 Å². The zero-order chi connectivity index (χ0) is 18.6. The normalized spacial score (nSPS) is 14.3. The van der Waals surface area contributed by atoms with Gasteiger partial charge >= 0.3 is 0 Å². The van der Waals surface area contributed by atoms with Crippen LogP contribution in [-0.2, 0) is 0 Å². The van der Waals surface area contributed by atoms with E-state index in [0.717, 1.165) is 43.6 Å². The first kappa shape index (κ1) is 17.2. The van der Waals surface area contributed by atoms with Crippen LogP contribution in [0.1, 0.15) is 11.1 Å². The highest BCUT2D eigenvalue weighted by Crippen LogP contribution is 2.24. The van der Waals surface area contributed by atoms with E-state index in [2.05, 4.69) is 62.1 Å². The lowest BCUT2D eigenvalue weighted by Crippen LogP contribution is -2.47. The molecule has 0 saturated carbocycles. The molecule has 1 aliphatic rings. The van der Waals surface area contributed by atoms with Crippen LogP contribution in [0, 0.1) is 13.8 Å². The third-order valence-corrected chi connectivity index (χ3v) is 4.80. The lowest BCUT2D eigenvalue weighted by Gasteiger charge is -2.35. The molecule has 0 bridgehead atoms. The van der Waals surface area contributed by atoms with Gasteiger partial charge < -0.3 is 15.1 Å². The van der Waals surface area contributed by atoms with Gasteiger partial charge in [0.2, 0.25) is 11.9 Å². The van der Waals surface area contributed by atoms with Gasteiger partial charge in [-0.2, -0.15) is 4.98 Å². The molecule has 27 heavy (non-hydrogen) atoms. The van der Waals surface area contributed by atoms with Gasteiger partial charge in [-0.05, 0) is 37.1 Å². The van der Waals surface area contributed by atoms with Crippen molar-refractivity contribution in [3.8, 4) is 0 Å². The molecule has 0 aliphatic carbocycles. The summed E-state index contributed by atoms with van der Waals surface area (Å²) in [4.78, 5) is 22.3. The number of anilines is 4. The molecule has 7 nitrogen and oxygen atoms in total. The predicted octanol–water partition coefficient (Wildman–Crippen LogP) is 2.95. The molecule has 0 amide bonds. The van der Waals surface area contributed by atoms with Crippen molar-refractivity contribution in [2.75, 3.05) is 41.3 Å². The van der Waals surface area contributed by atoms with E-state index in [1.54, 1.807) is 12.4 Å². The molecule has 0 spiro atoms. The molecule has 2 aromatic heterocycles. The number of aromatic nitrogens is 4. The van der Waals surface area contributed by atoms with E-state index in [1.165, 1.54) is 11.1 Å². The van der Waals surface area contributed by atoms with Crippen LogP contribution in [0.5, 0.6) is 0 Å². The highest BCUT2D eigenvalue weighted by Gasteiger charge is 2.20. The Kier molecular flexibility index (Phi) is 4.82. The number of nitrogens with zero attached hydrogens (tertiary/aromatic N) is 6. The molecule has 1 aliphatic heterocycles. The number of nitrogens with one attached hydrogen (secondary N) is 1. The molecule has 0 radical (unpaired) electrons. The summed E-state index contributed by atoms with van der Waals surface area (Å²) in [6, 6.07) is 10.0. The molecule has 138 valence electrons. The second-order valence-corrected chi connectivity index (χ2v) is 6.65. The summed E-state index contributed by atoms with van der Waals surface area (Å²) in [6.07, 6.45) is 5.38. The minimum Gasteiger partial charge on any atom is -0.353 e. The molecular weight excluding hydrogens is 338 g/mol. The number of para-hydroxylation sites is 1. The van der Waals surface area contributed by atoms with Crippen LogP contribution in [0.15, 0.2) is 48.9 Å². The monoisotopic (exact) mass is 361 g/mol. The smallest absolute Gasteiger partial charge is 0.229 e. The van der Waals surface area contributed by atoms with Crippen molar-refractivity contribution in [3.63, 3.8) is 0 Å². The Morgan fingerprint density at radius 3 is 2.15 bits per heavy atom. The van der Waals surface area contributed by atoms with Crippen molar-refractivity contribution in [1.82, 2.24) is 19.9 Å². The molecule has 3 aromatic rings. The summed E-state index contributed by atoms with van der Waals surface area (Å²) >= 11 is 0. The second kappa shape index (κ2) is 7.57. The molecule has 7 heteroatoms. The predicted molar refractivity (Wildman–Crippen MR) is 108 cm³/mol. The summed E-state index contributed by atoms with van der Waals surface area (Å²) in [6.45, 7) is 7.66. The van der Waals surface area contributed by atoms with Gasteiger partial charge in [-0.25, -0.2) is 15.0 Å². The Bertz CT molecular complexity index is 885. The van der Waals surface area contributed by atoms with Crippen molar-refractivity contribution in [2.24, 2.45) is 0 Å². The topological polar surface area (TPSA) is 70.1 Å². The minimum absolute atomic E-state index is 0.624. The van der Waals surface area contributed by atoms with Crippen molar-refractivity contribution < 1.29 is 0 Å². The number of piperazine rings is 1. The summed E-state index contributed by atoms with van der Waals surface area (Å²) in [5.74, 6) is 2.35. The van der Waals surface area contributed by atoms with Gasteiger partial charge in [0.15, 0.2) is 0 Å². The standard InChI is InChI=1S/C20H23N7/c1-15-5-3-6-16(2)18(15)25-19-21-10-7-17(24-19)26-11-13-27(14-12-26)20-22-8-4-9-23-20/h3-10H,11-14H2,1-2H3,(H,21,24,25). The number of rotatable bonds is 4. The lowest BCUT2D eigenvalue weighted by atomic mass is 10.1. The molecule has 4 rings (SSSR count). The van der Waals surface area contributed by atoms with Gasteiger partial charge in [-0.3, -0.25) is 0 Å². The van der Waals surface area contributed by atoms with Crippen molar-refractivity contribution in [1.29, 1.82) is 0 Å². The number of benzene rings is 1. The first-order valence-electron chi connectivity index (χ1n) is 9.14. The summed E-state index contributed by atoms with van der Waals surface area (Å²) < 4.78 is 0. The number of hydrogen-bond acceptors (Lipinski definition) is 7. The molecule has 0 unspecified atom stereocenters. The lowest BCUT2D eigenvalue weighted by molar-refractivity contribution is 0.634. The van der Waals surface area contributed by atoms with E-state index < -0.39 is 0 Å². The highest BCUT2D eigenvalue weighted by molar-refractivity contribution is 5.63. The van der Waals surface area contributed by atoms with Crippen LogP contribution >= 0.6 is 0 Å². The Labute approximate surface area is 159 Å². The van der Waals surface area contributed by atoms with E-state index in [9.17, 15) is 0 Å². The van der Waals surface area contributed by atoms with Gasteiger partial charge in [0.05, 0.1) is 0 Å². The fourth-order valence-electron chi connectivity index (χ4n) is 3.30. The van der Waals surface area contributed by atoms with Gasteiger partial charge in [0.25, 0.3) is 0 Å². The molecule has 0 atom stereocenters. The zero-order valence-electron chi connectivity index (χ0n) is 15.6. The average Bonchev–Trinajstić information content (AvgIpc) is 2.72. The Hall–Kier alpha value is -3.22. The van der Waals surface area contributed by atoms with Crippen molar-refractivity contribution in [3.05, 3.63) is 60.0 Å². The van der Waals surface area contributed by atoms with Crippen LogP contribution in [0.3, 0.4) is 0 Å². The summed E-state index contributed by atoms with van der Waals surface area (Å²) in [7, 11) is 0. The Balaban J connectivity index is 1.46. The molecule has 3 heterocycles. The maximum absolute atomic E-state index is 4.73. The largest absolute Gasteiger partial charge is 0.353 e. The quantitative estimate of drug-likeness (QED) is 0.766. The van der Waals surface area contributed by atoms with Gasteiger partial charge in [0.1, 0.15) is 5.82 Å². The number of hydrogen-bond donors (Lipinski definition) is 1. The van der Waals surface area contributed by atoms with Gasteiger partial charge in [0, 0.05) is 50.5 Å². The molecule has 1 aromatic carbocycles. The van der Waals surface area contributed by atoms with E-state index in [4.69, 9.17) is 4.98 Å². The van der Waals surface area contributed by atoms with E-state index in [-0.39, 0.29) is 0 Å². The first-order valence-corrected chi connectivity index (χ1v) is 9.14. The first-order chi connectivity index (χ1) is 13.2. The fourth-order valence-corrected chi connectivity index (χ4v) is 3.30. The highest BCUT2D eigenvalue weighted by atomic mass is 15.3. The summed E-state index contributed by atoms with van der Waals surface area (Å²) in [5.41, 5.74) is 3.43. The maximum atomic E-state index is 4.73. The fraction of sp³-hybridized carbons (Fsp3) is 0.300. The minimum atomic E-state index is 0.624. The third-order valence-electron chi connectivity index (χ3n) is 4.80. The molecule has 1 N–H and O–H groups in total.